The molecule has 8 heteroatoms. The number of allylic oxidation sites excluding steroid dienone is 1. The smallest absolute Gasteiger partial charge is 0.265 e. The summed E-state index contributed by atoms with van der Waals surface area (Å²) >= 11 is 0. The van der Waals surface area contributed by atoms with Crippen LogP contribution in [0.5, 0.6) is 5.75 Å². The largest absolute Gasteiger partial charge is 0.489 e. The molecule has 0 spiro atoms. The van der Waals surface area contributed by atoms with Crippen LogP contribution >= 0.6 is 0 Å². The van der Waals surface area contributed by atoms with Crippen LogP contribution in [-0.2, 0) is 13.2 Å². The molecule has 0 aliphatic carbocycles. The molecule has 0 bridgehead atoms. The number of fused-ring (bicyclic) bond motifs is 2. The molecule has 1 unspecified atom stereocenters. The number of hydrogen-bond donors (Lipinski definition) is 1. The van der Waals surface area contributed by atoms with Crippen LogP contribution in [0.15, 0.2) is 131 Å². The molecule has 8 nitrogen and oxygen atoms in total. The number of amides is 2. The average molecular weight is 553 g/mol. The van der Waals surface area contributed by atoms with Crippen molar-refractivity contribution in [3.05, 3.63) is 155 Å². The van der Waals surface area contributed by atoms with Gasteiger partial charge in [0.25, 0.3) is 17.6 Å². The molecule has 0 radical (unpaired) electrons. The van der Waals surface area contributed by atoms with Gasteiger partial charge in [-0.2, -0.15) is 10.8 Å². The van der Waals surface area contributed by atoms with Crippen molar-refractivity contribution in [1.82, 2.24) is 4.90 Å². The fourth-order valence-corrected chi connectivity index (χ4v) is 5.44. The summed E-state index contributed by atoms with van der Waals surface area (Å²) < 4.78 is 5.92. The number of carbonyl (C=O) groups excluding carboxylic acids is 2. The Balaban J connectivity index is 1.19. The zero-order valence-corrected chi connectivity index (χ0v) is 22.6. The lowest BCUT2D eigenvalue weighted by atomic mass is 10.1. The van der Waals surface area contributed by atoms with Gasteiger partial charge in [0.2, 0.25) is 5.70 Å². The van der Waals surface area contributed by atoms with Gasteiger partial charge in [-0.1, -0.05) is 66.7 Å². The Morgan fingerprint density at radius 2 is 1.45 bits per heavy atom. The summed E-state index contributed by atoms with van der Waals surface area (Å²) in [7, 11) is 0. The van der Waals surface area contributed by atoms with Crippen LogP contribution in [0.4, 0.5) is 0 Å². The lowest BCUT2D eigenvalue weighted by Gasteiger charge is -2.26. The van der Waals surface area contributed by atoms with E-state index in [1.165, 1.54) is 4.90 Å². The molecule has 3 heterocycles. The predicted molar refractivity (Wildman–Crippen MR) is 160 cm³/mol. The Kier molecular flexibility index (Phi) is 6.19. The van der Waals surface area contributed by atoms with E-state index in [4.69, 9.17) is 15.6 Å². The Morgan fingerprint density at radius 3 is 2.24 bits per heavy atom. The number of amidine groups is 1. The molecule has 7 rings (SSSR count). The van der Waals surface area contributed by atoms with E-state index in [0.29, 0.717) is 40.7 Å². The molecule has 0 fully saturated rings. The SMILES string of the molecule is N[N+]12C=CN=CC1=C(c1cccc(CN3C(=O)c4ccccc4C3=O)c1)N=C2c1cccc(OCc2ccccc2)c1. The molecule has 0 saturated carbocycles. The first-order valence-electron chi connectivity index (χ1n) is 13.6. The maximum Gasteiger partial charge on any atom is 0.265 e. The number of benzene rings is 4. The number of rotatable bonds is 7. The Bertz CT molecular complexity index is 1840. The highest BCUT2D eigenvalue weighted by Gasteiger charge is 2.44. The van der Waals surface area contributed by atoms with Crippen molar-refractivity contribution >= 4 is 29.6 Å². The van der Waals surface area contributed by atoms with Gasteiger partial charge in [0.15, 0.2) is 0 Å². The van der Waals surface area contributed by atoms with Crippen LogP contribution in [0.2, 0.25) is 0 Å². The highest BCUT2D eigenvalue weighted by Crippen LogP contribution is 2.37. The quantitative estimate of drug-likeness (QED) is 0.188. The first-order valence-corrected chi connectivity index (χ1v) is 13.6. The zero-order valence-electron chi connectivity index (χ0n) is 22.6. The number of imide groups is 1. The first kappa shape index (κ1) is 25.5. The minimum absolute atomic E-state index is 0.149. The van der Waals surface area contributed by atoms with Gasteiger partial charge in [-0.3, -0.25) is 19.5 Å². The molecule has 42 heavy (non-hydrogen) atoms. The number of carbonyl (C=O) groups is 2. The Labute approximate surface area is 242 Å². The molecule has 1 atom stereocenters. The standard InChI is InChI=1S/C34H26N5O3/c35-39-17-16-36-20-30(39)31(37-32(39)26-12-7-13-27(19-26)42-22-23-8-2-1-3-9-23)25-11-6-10-24(18-25)21-38-33(40)28-14-4-5-15-29(28)34(38)41/h1-20H,21-22,35H2/q+1. The van der Waals surface area contributed by atoms with E-state index < -0.39 is 0 Å². The molecule has 204 valence electrons. The van der Waals surface area contributed by atoms with Gasteiger partial charge in [0, 0.05) is 5.56 Å². The molecular weight excluding hydrogens is 526 g/mol. The summed E-state index contributed by atoms with van der Waals surface area (Å²) in [5, 5.41) is 0. The zero-order chi connectivity index (χ0) is 28.7. The van der Waals surface area contributed by atoms with Crippen LogP contribution in [0.3, 0.4) is 0 Å². The third kappa shape index (κ3) is 4.35. The fraction of sp³-hybridized carbons (Fsp3) is 0.0588. The number of hydrogen-bond acceptors (Lipinski definition) is 6. The molecule has 4 aromatic carbocycles. The summed E-state index contributed by atoms with van der Waals surface area (Å²) in [5.41, 5.74) is 5.73. The average Bonchev–Trinajstić information content (AvgIpc) is 3.47. The number of nitrogens with two attached hydrogens (primary N) is 1. The highest BCUT2D eigenvalue weighted by molar-refractivity contribution is 6.21. The monoisotopic (exact) mass is 552 g/mol. The van der Waals surface area contributed by atoms with E-state index in [0.717, 1.165) is 22.3 Å². The summed E-state index contributed by atoms with van der Waals surface area (Å²) in [6.45, 7) is 0.595. The highest BCUT2D eigenvalue weighted by atomic mass is 16.5. The second kappa shape index (κ2) is 10.2. The van der Waals surface area contributed by atoms with E-state index in [1.54, 1.807) is 42.9 Å². The normalized spacial score (nSPS) is 18.8. The summed E-state index contributed by atoms with van der Waals surface area (Å²) in [4.78, 5) is 36.6. The van der Waals surface area contributed by atoms with Crippen molar-refractivity contribution in [2.75, 3.05) is 0 Å². The minimum Gasteiger partial charge on any atom is -0.489 e. The van der Waals surface area contributed by atoms with E-state index in [1.807, 2.05) is 78.9 Å². The number of ether oxygens (including phenoxy) is 1. The molecule has 2 amide bonds. The number of aliphatic imine (C=N–C) groups is 2. The maximum atomic E-state index is 13.0. The van der Waals surface area contributed by atoms with Crippen molar-refractivity contribution in [3.63, 3.8) is 0 Å². The molecule has 0 saturated heterocycles. The summed E-state index contributed by atoms with van der Waals surface area (Å²) in [6, 6.07) is 32.3. The molecule has 0 aromatic heterocycles. The van der Waals surface area contributed by atoms with Crippen molar-refractivity contribution < 1.29 is 18.9 Å². The maximum absolute atomic E-state index is 13.0. The Hall–Kier alpha value is -5.44. The van der Waals surface area contributed by atoms with Gasteiger partial charge in [-0.05, 0) is 47.5 Å². The van der Waals surface area contributed by atoms with Gasteiger partial charge in [-0.25, -0.2) is 0 Å². The lowest BCUT2D eigenvalue weighted by Crippen LogP contribution is -2.53. The Morgan fingerprint density at radius 1 is 0.762 bits per heavy atom. The van der Waals surface area contributed by atoms with Crippen molar-refractivity contribution in [2.24, 2.45) is 15.8 Å². The second-order valence-electron chi connectivity index (χ2n) is 10.3. The van der Waals surface area contributed by atoms with Crippen LogP contribution in [0.25, 0.3) is 5.70 Å². The topological polar surface area (TPSA) is 97.3 Å². The number of quaternary nitrogens is 1. The minimum atomic E-state index is -0.291. The van der Waals surface area contributed by atoms with Crippen LogP contribution in [0, 0.1) is 0 Å². The molecule has 4 aromatic rings. The van der Waals surface area contributed by atoms with Crippen molar-refractivity contribution in [2.45, 2.75) is 13.2 Å². The van der Waals surface area contributed by atoms with Crippen molar-refractivity contribution in [3.8, 4) is 5.75 Å². The molecule has 3 aliphatic heterocycles. The third-order valence-electron chi connectivity index (χ3n) is 7.55. The van der Waals surface area contributed by atoms with E-state index >= 15 is 0 Å². The van der Waals surface area contributed by atoms with Crippen LogP contribution in [-0.4, -0.2) is 33.4 Å². The van der Waals surface area contributed by atoms with E-state index in [2.05, 4.69) is 4.99 Å². The van der Waals surface area contributed by atoms with Crippen molar-refractivity contribution in [1.29, 1.82) is 0 Å². The van der Waals surface area contributed by atoms with Gasteiger partial charge < -0.3 is 4.74 Å². The lowest BCUT2D eigenvalue weighted by molar-refractivity contribution is -0.749. The summed E-state index contributed by atoms with van der Waals surface area (Å²) in [6.07, 6.45) is 5.18. The van der Waals surface area contributed by atoms with Gasteiger partial charge in [0.05, 0.1) is 35.6 Å². The van der Waals surface area contributed by atoms with Gasteiger partial charge >= 0.3 is 0 Å². The van der Waals surface area contributed by atoms with Gasteiger partial charge in [-0.15, -0.1) is 4.59 Å². The molecule has 3 aliphatic rings. The number of nitrogens with zero attached hydrogens (tertiary/aromatic N) is 4. The van der Waals surface area contributed by atoms with Crippen LogP contribution in [0.1, 0.15) is 43.0 Å². The molecular formula is C34H26N5O3+. The molecule has 2 N–H and O–H groups in total. The van der Waals surface area contributed by atoms with E-state index in [-0.39, 0.29) is 23.0 Å². The second-order valence-corrected chi connectivity index (χ2v) is 10.3. The first-order chi connectivity index (χ1) is 20.5. The van der Waals surface area contributed by atoms with E-state index in [9.17, 15) is 9.59 Å². The predicted octanol–water partition coefficient (Wildman–Crippen LogP) is 5.44. The van der Waals surface area contributed by atoms with Crippen LogP contribution < -0.4 is 10.6 Å². The summed E-state index contributed by atoms with van der Waals surface area (Å²) in [5.74, 6) is 7.72. The fourth-order valence-electron chi connectivity index (χ4n) is 5.44. The van der Waals surface area contributed by atoms with Gasteiger partial charge in [0.1, 0.15) is 24.3 Å². The third-order valence-corrected chi connectivity index (χ3v) is 7.55.